The van der Waals surface area contributed by atoms with Gasteiger partial charge in [0.15, 0.2) is 5.78 Å². The standard InChI is InChI=1S/C26H24Cl2F3N3O4S/c27-18-14-23(33-39(36,37)20-9-10-22(28)21(15-20)26(29,30)31)25(32-16-18)38-19-7-5-17(6-8-19)24(35)4-3-13-34-11-1-2-12-34/h5-10,14-16,33H,1-4,11-13H2. The number of sulfonamides is 1. The molecule has 2 heterocycles. The second-order valence-electron chi connectivity index (χ2n) is 8.95. The Morgan fingerprint density at radius 1 is 1.05 bits per heavy atom. The van der Waals surface area contributed by atoms with E-state index >= 15 is 0 Å². The molecular weight excluding hydrogens is 578 g/mol. The summed E-state index contributed by atoms with van der Waals surface area (Å²) in [5.74, 6) is 0.0578. The van der Waals surface area contributed by atoms with Crippen molar-refractivity contribution in [2.45, 2.75) is 36.8 Å². The molecule has 0 unspecified atom stereocenters. The number of alkyl halides is 3. The maximum atomic E-state index is 13.2. The molecule has 0 saturated carbocycles. The molecule has 0 amide bonds. The molecule has 7 nitrogen and oxygen atoms in total. The number of nitrogens with zero attached hydrogens (tertiary/aromatic N) is 2. The molecule has 39 heavy (non-hydrogen) atoms. The fourth-order valence-electron chi connectivity index (χ4n) is 4.11. The Balaban J connectivity index is 1.47. The van der Waals surface area contributed by atoms with Crippen LogP contribution in [-0.2, 0) is 16.2 Å². The molecular formula is C26H24Cl2F3N3O4S. The third-order valence-corrected chi connectivity index (χ3v) is 7.98. The number of benzene rings is 2. The van der Waals surface area contributed by atoms with Crippen molar-refractivity contribution in [1.82, 2.24) is 9.88 Å². The summed E-state index contributed by atoms with van der Waals surface area (Å²) >= 11 is 11.6. The number of carbonyl (C=O) groups excluding carboxylic acids is 1. The summed E-state index contributed by atoms with van der Waals surface area (Å²) in [6.45, 7) is 3.04. The zero-order valence-corrected chi connectivity index (χ0v) is 22.8. The normalized spacial score (nSPS) is 14.4. The molecule has 0 atom stereocenters. The minimum absolute atomic E-state index is 0.00000422. The summed E-state index contributed by atoms with van der Waals surface area (Å²) in [5, 5.41) is -0.578. The van der Waals surface area contributed by atoms with Crippen molar-refractivity contribution in [2.75, 3.05) is 24.4 Å². The molecule has 4 rings (SSSR count). The van der Waals surface area contributed by atoms with Gasteiger partial charge in [0.25, 0.3) is 10.0 Å². The van der Waals surface area contributed by atoms with Gasteiger partial charge in [0, 0.05) is 18.2 Å². The number of Topliss-reactive ketones (excluding diaryl/α,β-unsaturated/α-hetero) is 1. The van der Waals surface area contributed by atoms with E-state index in [0.29, 0.717) is 18.1 Å². The number of aromatic nitrogens is 1. The number of anilines is 1. The molecule has 1 fully saturated rings. The number of hydrogen-bond acceptors (Lipinski definition) is 6. The lowest BCUT2D eigenvalue weighted by molar-refractivity contribution is -0.137. The monoisotopic (exact) mass is 601 g/mol. The molecule has 0 radical (unpaired) electrons. The van der Waals surface area contributed by atoms with Gasteiger partial charge in [-0.3, -0.25) is 9.52 Å². The van der Waals surface area contributed by atoms with Crippen LogP contribution in [0.4, 0.5) is 18.9 Å². The first-order valence-electron chi connectivity index (χ1n) is 12.0. The third-order valence-electron chi connectivity index (χ3n) is 6.08. The number of ketones is 1. The van der Waals surface area contributed by atoms with Crippen LogP contribution < -0.4 is 9.46 Å². The molecule has 1 aliphatic rings. The van der Waals surface area contributed by atoms with Gasteiger partial charge in [0.1, 0.15) is 11.4 Å². The van der Waals surface area contributed by atoms with E-state index < -0.39 is 31.7 Å². The highest BCUT2D eigenvalue weighted by molar-refractivity contribution is 7.92. The highest BCUT2D eigenvalue weighted by atomic mass is 35.5. The zero-order chi connectivity index (χ0) is 28.2. The van der Waals surface area contributed by atoms with E-state index in [9.17, 15) is 26.4 Å². The number of pyridine rings is 1. The van der Waals surface area contributed by atoms with Crippen molar-refractivity contribution in [3.8, 4) is 11.6 Å². The van der Waals surface area contributed by atoms with E-state index in [4.69, 9.17) is 27.9 Å². The Morgan fingerprint density at radius 3 is 2.41 bits per heavy atom. The summed E-state index contributed by atoms with van der Waals surface area (Å²) in [5.41, 5.74) is -0.983. The van der Waals surface area contributed by atoms with Crippen LogP contribution >= 0.6 is 23.2 Å². The number of halogens is 5. The van der Waals surface area contributed by atoms with Crippen LogP contribution in [0.2, 0.25) is 10.0 Å². The molecule has 0 spiro atoms. The molecule has 1 saturated heterocycles. The van der Waals surface area contributed by atoms with Crippen molar-refractivity contribution in [3.63, 3.8) is 0 Å². The fraction of sp³-hybridized carbons (Fsp3) is 0.308. The van der Waals surface area contributed by atoms with Gasteiger partial charge in [0.2, 0.25) is 5.88 Å². The first kappa shape index (κ1) is 29.1. The Morgan fingerprint density at radius 2 is 1.74 bits per heavy atom. The highest BCUT2D eigenvalue weighted by Crippen LogP contribution is 2.37. The van der Waals surface area contributed by atoms with Gasteiger partial charge >= 0.3 is 6.18 Å². The van der Waals surface area contributed by atoms with Crippen LogP contribution in [0.1, 0.15) is 41.6 Å². The molecule has 3 aromatic rings. The summed E-state index contributed by atoms with van der Waals surface area (Å²) in [6.07, 6.45) is -0.0508. The van der Waals surface area contributed by atoms with Crippen molar-refractivity contribution in [3.05, 3.63) is 75.9 Å². The van der Waals surface area contributed by atoms with E-state index in [0.717, 1.165) is 38.2 Å². The van der Waals surface area contributed by atoms with Gasteiger partial charge in [-0.15, -0.1) is 0 Å². The molecule has 0 bridgehead atoms. The van der Waals surface area contributed by atoms with Gasteiger partial charge in [-0.2, -0.15) is 13.2 Å². The fourth-order valence-corrected chi connectivity index (χ4v) is 5.56. The summed E-state index contributed by atoms with van der Waals surface area (Å²) in [4.78, 5) is 18.2. The van der Waals surface area contributed by atoms with Gasteiger partial charge in [-0.25, -0.2) is 13.4 Å². The van der Waals surface area contributed by atoms with E-state index in [-0.39, 0.29) is 28.1 Å². The predicted molar refractivity (Wildman–Crippen MR) is 142 cm³/mol. The second kappa shape index (κ2) is 12.1. The highest BCUT2D eigenvalue weighted by Gasteiger charge is 2.34. The molecule has 0 aliphatic carbocycles. The lowest BCUT2D eigenvalue weighted by atomic mass is 10.1. The van der Waals surface area contributed by atoms with Crippen LogP contribution in [0.3, 0.4) is 0 Å². The minimum atomic E-state index is -4.85. The predicted octanol–water partition coefficient (Wildman–Crippen LogP) is 7.06. The molecule has 2 aromatic carbocycles. The van der Waals surface area contributed by atoms with Crippen molar-refractivity contribution >= 4 is 44.7 Å². The Bertz CT molecular complexity index is 1450. The minimum Gasteiger partial charge on any atom is -0.437 e. The quantitative estimate of drug-likeness (QED) is 0.250. The first-order chi connectivity index (χ1) is 18.4. The van der Waals surface area contributed by atoms with E-state index in [1.54, 1.807) is 12.1 Å². The average molecular weight is 602 g/mol. The number of rotatable bonds is 10. The van der Waals surface area contributed by atoms with Crippen LogP contribution in [0, 0.1) is 0 Å². The largest absolute Gasteiger partial charge is 0.437 e. The summed E-state index contributed by atoms with van der Waals surface area (Å²) < 4.78 is 73.4. The second-order valence-corrected chi connectivity index (χ2v) is 11.5. The van der Waals surface area contributed by atoms with Crippen molar-refractivity contribution in [1.29, 1.82) is 0 Å². The number of hydrogen-bond donors (Lipinski definition) is 1. The van der Waals surface area contributed by atoms with Crippen LogP contribution in [0.25, 0.3) is 0 Å². The van der Waals surface area contributed by atoms with E-state index in [1.165, 1.54) is 37.2 Å². The number of nitrogens with one attached hydrogen (secondary N) is 1. The van der Waals surface area contributed by atoms with Crippen molar-refractivity contribution < 1.29 is 31.1 Å². The molecule has 13 heteroatoms. The first-order valence-corrected chi connectivity index (χ1v) is 14.2. The Kier molecular flexibility index (Phi) is 9.05. The summed E-state index contributed by atoms with van der Waals surface area (Å²) in [7, 11) is -4.51. The van der Waals surface area contributed by atoms with Crippen LogP contribution in [-0.4, -0.2) is 43.7 Å². The smallest absolute Gasteiger partial charge is 0.417 e. The molecule has 208 valence electrons. The number of likely N-dealkylation sites (tertiary alicyclic amines) is 1. The maximum absolute atomic E-state index is 13.2. The summed E-state index contributed by atoms with van der Waals surface area (Å²) in [6, 6.07) is 9.71. The van der Waals surface area contributed by atoms with E-state index in [2.05, 4.69) is 14.6 Å². The number of carbonyl (C=O) groups is 1. The van der Waals surface area contributed by atoms with Gasteiger partial charge in [0.05, 0.1) is 20.5 Å². The third kappa shape index (κ3) is 7.63. The average Bonchev–Trinajstić information content (AvgIpc) is 3.39. The number of ether oxygens (including phenoxy) is 1. The van der Waals surface area contributed by atoms with Gasteiger partial charge in [-0.1, -0.05) is 23.2 Å². The lowest BCUT2D eigenvalue weighted by Crippen LogP contribution is -2.21. The van der Waals surface area contributed by atoms with Crippen LogP contribution in [0.15, 0.2) is 59.6 Å². The topological polar surface area (TPSA) is 88.6 Å². The van der Waals surface area contributed by atoms with Crippen molar-refractivity contribution in [2.24, 2.45) is 0 Å². The van der Waals surface area contributed by atoms with E-state index in [1.807, 2.05) is 0 Å². The molecule has 1 N–H and O–H groups in total. The molecule has 1 aliphatic heterocycles. The lowest BCUT2D eigenvalue weighted by Gasteiger charge is -2.15. The maximum Gasteiger partial charge on any atom is 0.417 e. The molecule has 1 aromatic heterocycles. The zero-order valence-electron chi connectivity index (χ0n) is 20.5. The SMILES string of the molecule is O=C(CCCN1CCCC1)c1ccc(Oc2ncc(Cl)cc2NS(=O)(=O)c2ccc(Cl)c(C(F)(F)F)c2)cc1. The van der Waals surface area contributed by atoms with Crippen LogP contribution in [0.5, 0.6) is 11.6 Å². The van der Waals surface area contributed by atoms with Gasteiger partial charge in [-0.05, 0) is 87.4 Å². The van der Waals surface area contributed by atoms with Gasteiger partial charge < -0.3 is 9.64 Å². The Hall–Kier alpha value is -2.86. The Labute approximate surface area is 233 Å².